The number of nitrogen functional groups attached to an aromatic ring is 1. The van der Waals surface area contributed by atoms with Crippen molar-refractivity contribution in [2.24, 2.45) is 0 Å². The van der Waals surface area contributed by atoms with E-state index in [0.717, 1.165) is 11.1 Å². The van der Waals surface area contributed by atoms with Crippen LogP contribution in [0, 0.1) is 13.0 Å². The predicted molar refractivity (Wildman–Crippen MR) is 107 cm³/mol. The van der Waals surface area contributed by atoms with Crippen LogP contribution in [0.15, 0.2) is 12.1 Å². The maximum Gasteiger partial charge on any atom is 0.312 e. The minimum absolute atomic E-state index is 0.0669. The van der Waals surface area contributed by atoms with E-state index in [4.69, 9.17) is 15.2 Å². The molecule has 4 rings (SSSR count). The molecule has 2 aromatic heterocycles. The number of aromatic nitrogens is 4. The fraction of sp³-hybridized carbons (Fsp3) is 0.389. The smallest absolute Gasteiger partial charge is 0.312 e. The van der Waals surface area contributed by atoms with Gasteiger partial charge in [0.15, 0.2) is 28.5 Å². The molecule has 0 fully saturated rings. The van der Waals surface area contributed by atoms with E-state index in [2.05, 4.69) is 19.7 Å². The molecule has 0 radical (unpaired) electrons. The average molecular weight is 436 g/mol. The Morgan fingerprint density at radius 1 is 1.23 bits per heavy atom. The third-order valence-corrected chi connectivity index (χ3v) is 6.41. The lowest BCUT2D eigenvalue weighted by molar-refractivity contribution is 0.174. The van der Waals surface area contributed by atoms with E-state index < -0.39 is 16.1 Å². The van der Waals surface area contributed by atoms with Gasteiger partial charge in [-0.05, 0) is 43.7 Å². The van der Waals surface area contributed by atoms with Crippen LogP contribution in [-0.4, -0.2) is 47.5 Å². The summed E-state index contributed by atoms with van der Waals surface area (Å²) in [5, 5.41) is 0. The number of halogens is 1. The van der Waals surface area contributed by atoms with Gasteiger partial charge in [-0.1, -0.05) is 0 Å². The van der Waals surface area contributed by atoms with Gasteiger partial charge >= 0.3 is 6.08 Å². The monoisotopic (exact) mass is 436 g/mol. The van der Waals surface area contributed by atoms with Crippen LogP contribution in [0.5, 0.6) is 11.5 Å². The van der Waals surface area contributed by atoms with Crippen LogP contribution in [0.25, 0.3) is 11.2 Å². The normalized spacial score (nSPS) is 13.3. The molecule has 3 N–H and O–H groups in total. The molecule has 3 aromatic rings. The number of aryl methyl sites for hydroxylation is 2. The largest absolute Gasteiger partial charge is 0.454 e. The summed E-state index contributed by atoms with van der Waals surface area (Å²) >= 11 is 0. The van der Waals surface area contributed by atoms with Crippen LogP contribution in [0.1, 0.15) is 23.4 Å². The van der Waals surface area contributed by atoms with Crippen molar-refractivity contribution in [3.63, 3.8) is 0 Å². The van der Waals surface area contributed by atoms with E-state index in [1.165, 1.54) is 7.05 Å². The van der Waals surface area contributed by atoms with Gasteiger partial charge in [-0.25, -0.2) is 18.1 Å². The van der Waals surface area contributed by atoms with Gasteiger partial charge in [0, 0.05) is 13.0 Å². The highest BCUT2D eigenvalue weighted by atomic mass is 32.2. The Bertz CT molecular complexity index is 1230. The molecule has 0 saturated heterocycles. The third kappa shape index (κ3) is 3.87. The first kappa shape index (κ1) is 20.3. The molecule has 0 spiro atoms. The number of ether oxygens (including phenoxy) is 2. The number of imidazole rings is 1. The standard InChI is InChI=1S/C18H21FN6O4S/c1-10-6-12-13(29-9-28-12)7-11(10)8-14-22-15-16(20)23-18(19)24-17(15)25(14)4-3-5-30(26,27)21-2/h6-7,21H,3-5,8-9H2,1-2H3,(H2,20,23,24). The topological polar surface area (TPSA) is 134 Å². The Kier molecular flexibility index (Phi) is 5.20. The Labute approximate surface area is 172 Å². The summed E-state index contributed by atoms with van der Waals surface area (Å²) in [6.07, 6.45) is -0.291. The number of rotatable bonds is 7. The molecule has 1 aromatic carbocycles. The molecule has 3 heterocycles. The van der Waals surface area contributed by atoms with Gasteiger partial charge in [-0.3, -0.25) is 0 Å². The van der Waals surface area contributed by atoms with E-state index in [1.54, 1.807) is 4.57 Å². The van der Waals surface area contributed by atoms with Crippen molar-refractivity contribution in [1.82, 2.24) is 24.2 Å². The average Bonchev–Trinajstić information content (AvgIpc) is 3.27. The highest BCUT2D eigenvalue weighted by Gasteiger charge is 2.21. The van der Waals surface area contributed by atoms with Gasteiger partial charge in [0.2, 0.25) is 16.8 Å². The molecule has 0 atom stereocenters. The van der Waals surface area contributed by atoms with Gasteiger partial charge < -0.3 is 19.8 Å². The van der Waals surface area contributed by atoms with Crippen molar-refractivity contribution < 1.29 is 22.3 Å². The molecule has 0 bridgehead atoms. The zero-order valence-corrected chi connectivity index (χ0v) is 17.3. The first-order chi connectivity index (χ1) is 14.3. The maximum atomic E-state index is 13.8. The van der Waals surface area contributed by atoms with E-state index in [1.807, 2.05) is 19.1 Å². The molecule has 0 unspecified atom stereocenters. The van der Waals surface area contributed by atoms with Crippen molar-refractivity contribution in [3.8, 4) is 11.5 Å². The van der Waals surface area contributed by atoms with Crippen molar-refractivity contribution in [2.45, 2.75) is 26.3 Å². The van der Waals surface area contributed by atoms with Crippen molar-refractivity contribution in [2.75, 3.05) is 25.3 Å². The SMILES string of the molecule is CNS(=O)(=O)CCCn1c(Cc2cc3c(cc2C)OCO3)nc2c(N)nc(F)nc21. The Morgan fingerprint density at radius 3 is 2.70 bits per heavy atom. The van der Waals surface area contributed by atoms with E-state index in [-0.39, 0.29) is 42.5 Å². The van der Waals surface area contributed by atoms with Crippen LogP contribution in [-0.2, 0) is 23.0 Å². The second-order valence-corrected chi connectivity index (χ2v) is 8.96. The zero-order valence-electron chi connectivity index (χ0n) is 16.5. The van der Waals surface area contributed by atoms with E-state index >= 15 is 0 Å². The minimum Gasteiger partial charge on any atom is -0.454 e. The maximum absolute atomic E-state index is 13.8. The molecule has 0 saturated carbocycles. The molecule has 1 aliphatic heterocycles. The Morgan fingerprint density at radius 2 is 1.97 bits per heavy atom. The second-order valence-electron chi connectivity index (χ2n) is 6.92. The predicted octanol–water partition coefficient (Wildman–Crippen LogP) is 1.11. The summed E-state index contributed by atoms with van der Waals surface area (Å²) in [5.74, 6) is 1.74. The number of hydrogen-bond donors (Lipinski definition) is 2. The molecule has 30 heavy (non-hydrogen) atoms. The number of benzene rings is 1. The lowest BCUT2D eigenvalue weighted by Gasteiger charge is -2.11. The van der Waals surface area contributed by atoms with Gasteiger partial charge in [-0.2, -0.15) is 14.4 Å². The second kappa shape index (κ2) is 7.69. The van der Waals surface area contributed by atoms with Gasteiger partial charge in [0.1, 0.15) is 5.82 Å². The molecule has 12 heteroatoms. The van der Waals surface area contributed by atoms with Crippen molar-refractivity contribution >= 4 is 27.0 Å². The molecule has 10 nitrogen and oxygen atoms in total. The first-order valence-electron chi connectivity index (χ1n) is 9.26. The first-order valence-corrected chi connectivity index (χ1v) is 10.9. The summed E-state index contributed by atoms with van der Waals surface area (Å²) in [7, 11) is -2.01. The van der Waals surface area contributed by atoms with Crippen LogP contribution in [0.3, 0.4) is 0 Å². The number of anilines is 1. The van der Waals surface area contributed by atoms with E-state index in [9.17, 15) is 12.8 Å². The summed E-state index contributed by atoms with van der Waals surface area (Å²) in [5.41, 5.74) is 8.27. The van der Waals surface area contributed by atoms with Crippen LogP contribution in [0.2, 0.25) is 0 Å². The van der Waals surface area contributed by atoms with Gasteiger partial charge in [-0.15, -0.1) is 0 Å². The number of sulfonamides is 1. The van der Waals surface area contributed by atoms with Crippen molar-refractivity contribution in [3.05, 3.63) is 35.2 Å². The van der Waals surface area contributed by atoms with Gasteiger partial charge in [0.25, 0.3) is 0 Å². The quantitative estimate of drug-likeness (QED) is 0.526. The molecule has 0 aliphatic carbocycles. The summed E-state index contributed by atoms with van der Waals surface area (Å²) < 4.78 is 52.2. The number of nitrogens with zero attached hydrogens (tertiary/aromatic N) is 4. The third-order valence-electron chi connectivity index (χ3n) is 4.96. The molecule has 160 valence electrons. The van der Waals surface area contributed by atoms with Gasteiger partial charge in [0.05, 0.1) is 5.75 Å². The fourth-order valence-corrected chi connectivity index (χ4v) is 4.08. The van der Waals surface area contributed by atoms with Crippen LogP contribution >= 0.6 is 0 Å². The summed E-state index contributed by atoms with van der Waals surface area (Å²) in [6, 6.07) is 3.76. The highest BCUT2D eigenvalue weighted by Crippen LogP contribution is 2.35. The number of nitrogens with two attached hydrogens (primary N) is 1. The molecule has 0 amide bonds. The van der Waals surface area contributed by atoms with Crippen molar-refractivity contribution in [1.29, 1.82) is 0 Å². The summed E-state index contributed by atoms with van der Waals surface area (Å²) in [4.78, 5) is 11.9. The number of nitrogens with one attached hydrogen (secondary N) is 1. The lowest BCUT2D eigenvalue weighted by atomic mass is 10.0. The fourth-order valence-electron chi connectivity index (χ4n) is 3.37. The number of hydrogen-bond acceptors (Lipinski definition) is 8. The lowest BCUT2D eigenvalue weighted by Crippen LogP contribution is -2.23. The molecular formula is C18H21FN6O4S. The zero-order chi connectivity index (χ0) is 21.5. The minimum atomic E-state index is -3.37. The van der Waals surface area contributed by atoms with E-state index in [0.29, 0.717) is 23.7 Å². The highest BCUT2D eigenvalue weighted by molar-refractivity contribution is 7.89. The number of fused-ring (bicyclic) bond motifs is 2. The molecule has 1 aliphatic rings. The Balaban J connectivity index is 1.72. The van der Waals surface area contributed by atoms with Crippen LogP contribution < -0.4 is 19.9 Å². The summed E-state index contributed by atoms with van der Waals surface area (Å²) in [6.45, 7) is 2.38. The molecular weight excluding hydrogens is 415 g/mol. The van der Waals surface area contributed by atoms with Crippen LogP contribution in [0.4, 0.5) is 10.2 Å². The Hall–Kier alpha value is -2.99.